The summed E-state index contributed by atoms with van der Waals surface area (Å²) in [4.78, 5) is 44.5. The maximum atomic E-state index is 12.5. The third-order valence-electron chi connectivity index (χ3n) is 4.63. The summed E-state index contributed by atoms with van der Waals surface area (Å²) in [7, 11) is 0. The highest BCUT2D eigenvalue weighted by molar-refractivity contribution is 5.96. The number of hydrogen-bond acceptors (Lipinski definition) is 5. The molecule has 29 heavy (non-hydrogen) atoms. The Morgan fingerprint density at radius 3 is 2.62 bits per heavy atom. The molecule has 0 aliphatic heterocycles. The number of pyridine rings is 3. The zero-order chi connectivity index (χ0) is 20.5. The summed E-state index contributed by atoms with van der Waals surface area (Å²) >= 11 is 0. The van der Waals surface area contributed by atoms with Crippen LogP contribution in [0.15, 0.2) is 72.0 Å². The van der Waals surface area contributed by atoms with Gasteiger partial charge < -0.3 is 10.3 Å². The van der Waals surface area contributed by atoms with Crippen LogP contribution in [0.3, 0.4) is 0 Å². The van der Waals surface area contributed by atoms with Crippen molar-refractivity contribution in [2.24, 2.45) is 5.73 Å². The van der Waals surface area contributed by atoms with E-state index in [2.05, 4.69) is 9.97 Å². The Morgan fingerprint density at radius 1 is 1.03 bits per heavy atom. The van der Waals surface area contributed by atoms with E-state index >= 15 is 0 Å². The molecule has 1 aromatic carbocycles. The molecular weight excluding hydrogens is 368 g/mol. The standard InChI is InChI=1S/C22H16N4O3/c1-13(27)15-8-16(11-24-10-15)14-4-2-5-17(9-14)26-12-19(21(23)29)20(28)18-6-3-7-25-22(18)26/h2-12H,1H3,(H2,23,29). The lowest BCUT2D eigenvalue weighted by atomic mass is 10.0. The molecule has 0 fully saturated rings. The smallest absolute Gasteiger partial charge is 0.254 e. The fraction of sp³-hybridized carbons (Fsp3) is 0.0455. The Labute approximate surface area is 165 Å². The topological polar surface area (TPSA) is 108 Å². The lowest BCUT2D eigenvalue weighted by molar-refractivity contribution is 0.0995. The van der Waals surface area contributed by atoms with Gasteiger partial charge in [0.2, 0.25) is 5.43 Å². The number of nitrogens with two attached hydrogens (primary N) is 1. The number of amides is 1. The fourth-order valence-corrected chi connectivity index (χ4v) is 3.16. The predicted molar refractivity (Wildman–Crippen MR) is 109 cm³/mol. The largest absolute Gasteiger partial charge is 0.365 e. The van der Waals surface area contributed by atoms with Crippen molar-refractivity contribution < 1.29 is 9.59 Å². The van der Waals surface area contributed by atoms with Gasteiger partial charge in [0, 0.05) is 41.6 Å². The number of carbonyl (C=O) groups excluding carboxylic acids is 2. The minimum absolute atomic E-state index is 0.0720. The number of rotatable bonds is 4. The molecule has 0 radical (unpaired) electrons. The highest BCUT2D eigenvalue weighted by Crippen LogP contribution is 2.24. The molecule has 4 aromatic rings. The summed E-state index contributed by atoms with van der Waals surface area (Å²) in [5.74, 6) is -0.874. The molecule has 0 unspecified atom stereocenters. The number of aromatic nitrogens is 3. The Balaban J connectivity index is 1.94. The predicted octanol–water partition coefficient (Wildman–Crippen LogP) is 2.75. The third-order valence-corrected chi connectivity index (χ3v) is 4.63. The number of fused-ring (bicyclic) bond motifs is 1. The second-order valence-corrected chi connectivity index (χ2v) is 6.55. The number of hydrogen-bond donors (Lipinski definition) is 1. The van der Waals surface area contributed by atoms with E-state index in [0.29, 0.717) is 22.3 Å². The minimum atomic E-state index is -0.802. The van der Waals surface area contributed by atoms with Gasteiger partial charge in [0.25, 0.3) is 5.91 Å². The van der Waals surface area contributed by atoms with Gasteiger partial charge in [-0.2, -0.15) is 0 Å². The van der Waals surface area contributed by atoms with Gasteiger partial charge in [-0.15, -0.1) is 0 Å². The number of carbonyl (C=O) groups is 2. The third kappa shape index (κ3) is 3.29. The van der Waals surface area contributed by atoms with E-state index in [0.717, 1.165) is 11.1 Å². The van der Waals surface area contributed by atoms with Crippen LogP contribution in [0.1, 0.15) is 27.6 Å². The quantitative estimate of drug-likeness (QED) is 0.544. The van der Waals surface area contributed by atoms with Crippen LogP contribution in [0.25, 0.3) is 27.8 Å². The summed E-state index contributed by atoms with van der Waals surface area (Å²) in [6.45, 7) is 1.49. The first-order valence-corrected chi connectivity index (χ1v) is 8.82. The molecule has 3 heterocycles. The molecule has 0 spiro atoms. The molecule has 2 N–H and O–H groups in total. The molecule has 4 rings (SSSR count). The molecule has 142 valence electrons. The lowest BCUT2D eigenvalue weighted by Crippen LogP contribution is -2.24. The maximum absolute atomic E-state index is 12.5. The Hall–Kier alpha value is -4.13. The second-order valence-electron chi connectivity index (χ2n) is 6.55. The van der Waals surface area contributed by atoms with Gasteiger partial charge in [0.1, 0.15) is 11.2 Å². The van der Waals surface area contributed by atoms with Gasteiger partial charge in [-0.25, -0.2) is 4.98 Å². The highest BCUT2D eigenvalue weighted by atomic mass is 16.2. The molecule has 1 amide bonds. The summed E-state index contributed by atoms with van der Waals surface area (Å²) in [6.07, 6.45) is 6.17. The van der Waals surface area contributed by atoms with Crippen molar-refractivity contribution in [2.75, 3.05) is 0 Å². The van der Waals surface area contributed by atoms with E-state index in [9.17, 15) is 14.4 Å². The van der Waals surface area contributed by atoms with Crippen molar-refractivity contribution in [3.05, 3.63) is 88.6 Å². The number of nitrogens with zero attached hydrogens (tertiary/aromatic N) is 3. The zero-order valence-electron chi connectivity index (χ0n) is 15.5. The molecule has 3 aromatic heterocycles. The van der Waals surface area contributed by atoms with Gasteiger partial charge in [-0.3, -0.25) is 19.4 Å². The first-order valence-electron chi connectivity index (χ1n) is 8.82. The fourth-order valence-electron chi connectivity index (χ4n) is 3.16. The van der Waals surface area contributed by atoms with E-state index in [1.807, 2.05) is 24.3 Å². The van der Waals surface area contributed by atoms with Crippen molar-refractivity contribution in [2.45, 2.75) is 6.92 Å². The first-order chi connectivity index (χ1) is 14.0. The summed E-state index contributed by atoms with van der Waals surface area (Å²) in [6, 6.07) is 12.4. The van der Waals surface area contributed by atoms with Crippen LogP contribution >= 0.6 is 0 Å². The molecule has 0 saturated carbocycles. The van der Waals surface area contributed by atoms with Crippen LogP contribution in [0.2, 0.25) is 0 Å². The first kappa shape index (κ1) is 18.2. The number of Topliss-reactive ketones (excluding diaryl/α,β-unsaturated/α-hetero) is 1. The average Bonchev–Trinajstić information content (AvgIpc) is 2.74. The van der Waals surface area contributed by atoms with Crippen LogP contribution in [-0.4, -0.2) is 26.2 Å². The van der Waals surface area contributed by atoms with Crippen molar-refractivity contribution in [1.82, 2.24) is 14.5 Å². The van der Waals surface area contributed by atoms with Gasteiger partial charge in [0.05, 0.1) is 5.39 Å². The van der Waals surface area contributed by atoms with E-state index in [1.54, 1.807) is 35.2 Å². The minimum Gasteiger partial charge on any atom is -0.365 e. The van der Waals surface area contributed by atoms with E-state index < -0.39 is 11.3 Å². The molecule has 0 saturated heterocycles. The van der Waals surface area contributed by atoms with Gasteiger partial charge in [-0.1, -0.05) is 12.1 Å². The summed E-state index contributed by atoms with van der Waals surface area (Å²) in [5.41, 5.74) is 8.04. The Kier molecular flexibility index (Phi) is 4.48. The monoisotopic (exact) mass is 384 g/mol. The molecule has 0 aliphatic rings. The molecule has 7 heteroatoms. The summed E-state index contributed by atoms with van der Waals surface area (Å²) < 4.78 is 1.66. The highest BCUT2D eigenvalue weighted by Gasteiger charge is 2.15. The molecule has 0 bridgehead atoms. The van der Waals surface area contributed by atoms with Crippen LogP contribution in [-0.2, 0) is 0 Å². The summed E-state index contributed by atoms with van der Waals surface area (Å²) in [5, 5.41) is 0.300. The molecule has 0 aliphatic carbocycles. The van der Waals surface area contributed by atoms with Crippen LogP contribution < -0.4 is 11.2 Å². The normalized spacial score (nSPS) is 10.8. The SMILES string of the molecule is CC(=O)c1cncc(-c2cccc(-n3cc(C(N)=O)c(=O)c4cccnc43)c2)c1. The van der Waals surface area contributed by atoms with Crippen molar-refractivity contribution >= 4 is 22.7 Å². The Morgan fingerprint density at radius 2 is 1.86 bits per heavy atom. The van der Waals surface area contributed by atoms with E-state index in [1.165, 1.54) is 19.3 Å². The average molecular weight is 384 g/mol. The zero-order valence-corrected chi connectivity index (χ0v) is 15.5. The van der Waals surface area contributed by atoms with Gasteiger partial charge in [0.15, 0.2) is 5.78 Å². The van der Waals surface area contributed by atoms with E-state index in [-0.39, 0.29) is 11.3 Å². The molecule has 7 nitrogen and oxygen atoms in total. The maximum Gasteiger partial charge on any atom is 0.254 e. The van der Waals surface area contributed by atoms with E-state index in [4.69, 9.17) is 5.73 Å². The molecule has 0 atom stereocenters. The van der Waals surface area contributed by atoms with Gasteiger partial charge in [-0.05, 0) is 42.8 Å². The van der Waals surface area contributed by atoms with Crippen LogP contribution in [0.5, 0.6) is 0 Å². The Bertz CT molecular complexity index is 1340. The second kappa shape index (κ2) is 7.12. The van der Waals surface area contributed by atoms with Gasteiger partial charge >= 0.3 is 0 Å². The van der Waals surface area contributed by atoms with Crippen LogP contribution in [0, 0.1) is 0 Å². The number of benzene rings is 1. The lowest BCUT2D eigenvalue weighted by Gasteiger charge is -2.13. The number of primary amides is 1. The van der Waals surface area contributed by atoms with Crippen molar-refractivity contribution in [3.63, 3.8) is 0 Å². The van der Waals surface area contributed by atoms with Crippen LogP contribution in [0.4, 0.5) is 0 Å². The molecular formula is C22H16N4O3. The number of ketones is 1. The van der Waals surface area contributed by atoms with Crippen molar-refractivity contribution in [1.29, 1.82) is 0 Å². The van der Waals surface area contributed by atoms with Crippen molar-refractivity contribution in [3.8, 4) is 16.8 Å².